The van der Waals surface area contributed by atoms with E-state index in [1.165, 1.54) is 12.1 Å². The van der Waals surface area contributed by atoms with E-state index in [-0.39, 0.29) is 18.4 Å². The number of halogens is 5. The molecule has 4 rings (SSSR count). The quantitative estimate of drug-likeness (QED) is 0.587. The van der Waals surface area contributed by atoms with Gasteiger partial charge in [-0.2, -0.15) is 13.2 Å². The average Bonchev–Trinajstić information content (AvgIpc) is 2.92. The molecule has 2 fully saturated rings. The molecule has 0 unspecified atom stereocenters. The highest BCUT2D eigenvalue weighted by Crippen LogP contribution is 2.40. The summed E-state index contributed by atoms with van der Waals surface area (Å²) in [6, 6.07) is 3.91. The van der Waals surface area contributed by atoms with Crippen molar-refractivity contribution in [2.75, 3.05) is 18.0 Å². The molecule has 3 heterocycles. The van der Waals surface area contributed by atoms with Gasteiger partial charge < -0.3 is 10.2 Å². The van der Waals surface area contributed by atoms with Crippen LogP contribution in [-0.2, 0) is 17.5 Å². The van der Waals surface area contributed by atoms with Crippen LogP contribution in [0.3, 0.4) is 0 Å². The van der Waals surface area contributed by atoms with Crippen LogP contribution < -0.4 is 10.2 Å². The molecule has 1 aromatic carbocycles. The third-order valence-corrected chi connectivity index (χ3v) is 5.63. The summed E-state index contributed by atoms with van der Waals surface area (Å²) in [5.74, 6) is -3.46. The van der Waals surface area contributed by atoms with Gasteiger partial charge >= 0.3 is 12.2 Å². The number of hydrogen-bond acceptors (Lipinski definition) is 4. The predicted octanol–water partition coefficient (Wildman–Crippen LogP) is 3.47. The molecule has 164 valence electrons. The highest BCUT2D eigenvalue weighted by atomic mass is 19.4. The number of urea groups is 1. The van der Waals surface area contributed by atoms with E-state index in [0.717, 1.165) is 23.2 Å². The first-order chi connectivity index (χ1) is 14.6. The van der Waals surface area contributed by atoms with Crippen LogP contribution in [-0.4, -0.2) is 40.5 Å². The fraction of sp³-hybridized carbons (Fsp3) is 0.350. The summed E-state index contributed by atoms with van der Waals surface area (Å²) in [6.07, 6.45) is -3.49. The van der Waals surface area contributed by atoms with Crippen molar-refractivity contribution in [3.8, 4) is 0 Å². The van der Waals surface area contributed by atoms with E-state index in [9.17, 15) is 31.5 Å². The maximum Gasteiger partial charge on any atom is 0.416 e. The van der Waals surface area contributed by atoms with E-state index in [1.807, 2.05) is 0 Å². The number of nitrogens with one attached hydrogen (secondary N) is 1. The van der Waals surface area contributed by atoms with Gasteiger partial charge in [-0.25, -0.2) is 23.5 Å². The number of carbonyl (C=O) groups is 2. The number of nitrogens with zero attached hydrogens (tertiary/aromatic N) is 3. The lowest BCUT2D eigenvalue weighted by molar-refractivity contribution is -0.137. The van der Waals surface area contributed by atoms with Crippen LogP contribution in [0.15, 0.2) is 36.5 Å². The largest absolute Gasteiger partial charge is 0.416 e. The first kappa shape index (κ1) is 21.2. The molecule has 31 heavy (non-hydrogen) atoms. The van der Waals surface area contributed by atoms with Gasteiger partial charge in [0.2, 0.25) is 0 Å². The number of pyridine rings is 1. The van der Waals surface area contributed by atoms with Crippen molar-refractivity contribution in [3.05, 3.63) is 59.3 Å². The number of benzene rings is 1. The molecule has 2 saturated heterocycles. The molecule has 2 aliphatic rings. The lowest BCUT2D eigenvalue weighted by Crippen LogP contribution is -2.55. The van der Waals surface area contributed by atoms with Crippen molar-refractivity contribution in [2.45, 2.75) is 31.1 Å². The molecule has 2 aliphatic heterocycles. The van der Waals surface area contributed by atoms with Crippen LogP contribution in [0.1, 0.15) is 24.0 Å². The average molecular weight is 440 g/mol. The Kier molecular flexibility index (Phi) is 5.16. The smallest absolute Gasteiger partial charge is 0.317 e. The number of carbonyl (C=O) groups excluding carboxylic acids is 2. The Balaban J connectivity index is 1.77. The van der Waals surface area contributed by atoms with Gasteiger partial charge in [-0.05, 0) is 44.1 Å². The van der Waals surface area contributed by atoms with Gasteiger partial charge in [0.25, 0.3) is 5.91 Å². The number of piperidine rings is 1. The van der Waals surface area contributed by atoms with E-state index < -0.39 is 53.2 Å². The number of imide groups is 1. The van der Waals surface area contributed by atoms with Gasteiger partial charge in [-0.15, -0.1) is 0 Å². The third-order valence-electron chi connectivity index (χ3n) is 5.63. The Morgan fingerprint density at radius 1 is 1.10 bits per heavy atom. The van der Waals surface area contributed by atoms with Gasteiger partial charge in [-0.1, -0.05) is 12.1 Å². The zero-order valence-corrected chi connectivity index (χ0v) is 16.0. The second kappa shape index (κ2) is 7.56. The summed E-state index contributed by atoms with van der Waals surface area (Å²) in [6.45, 7) is 0.319. The molecule has 11 heteroatoms. The standard InChI is InChI=1S/C20H17F5N4O2/c21-14-3-1-2-12(16(14)22)11-28-18(31)29(17(30)19(28)5-8-26-9-6-19)15-10-13(4-7-27-15)20(23,24)25/h1-4,7,10,26H,5-6,8-9,11H2. The minimum absolute atomic E-state index is 0.141. The van der Waals surface area contributed by atoms with Gasteiger partial charge in [-0.3, -0.25) is 4.79 Å². The lowest BCUT2D eigenvalue weighted by atomic mass is 9.86. The third kappa shape index (κ3) is 3.52. The minimum atomic E-state index is -4.69. The predicted molar refractivity (Wildman–Crippen MR) is 98.9 cm³/mol. The highest BCUT2D eigenvalue weighted by Gasteiger charge is 2.58. The number of aromatic nitrogens is 1. The molecule has 2 aromatic rings. The van der Waals surface area contributed by atoms with Crippen molar-refractivity contribution >= 4 is 17.8 Å². The zero-order valence-electron chi connectivity index (χ0n) is 16.0. The van der Waals surface area contributed by atoms with Crippen molar-refractivity contribution in [1.29, 1.82) is 0 Å². The Labute approximate surface area is 173 Å². The molecule has 3 amide bonds. The second-order valence-corrected chi connectivity index (χ2v) is 7.40. The van der Waals surface area contributed by atoms with Gasteiger partial charge in [0.15, 0.2) is 11.6 Å². The number of alkyl halides is 3. The van der Waals surface area contributed by atoms with E-state index in [1.54, 1.807) is 0 Å². The summed E-state index contributed by atoms with van der Waals surface area (Å²) in [4.78, 5) is 32.1. The fourth-order valence-corrected chi connectivity index (χ4v) is 4.02. The first-order valence-corrected chi connectivity index (χ1v) is 9.48. The van der Waals surface area contributed by atoms with E-state index in [0.29, 0.717) is 24.1 Å². The van der Waals surface area contributed by atoms with Gasteiger partial charge in [0.05, 0.1) is 12.1 Å². The van der Waals surface area contributed by atoms with Crippen LogP contribution in [0.2, 0.25) is 0 Å². The molecule has 1 aromatic heterocycles. The lowest BCUT2D eigenvalue weighted by Gasteiger charge is -2.38. The molecule has 1 spiro atoms. The van der Waals surface area contributed by atoms with Gasteiger partial charge in [0, 0.05) is 11.8 Å². The van der Waals surface area contributed by atoms with Gasteiger partial charge in [0.1, 0.15) is 11.4 Å². The maximum absolute atomic E-state index is 14.3. The fourth-order valence-electron chi connectivity index (χ4n) is 4.02. The van der Waals surface area contributed by atoms with E-state index in [2.05, 4.69) is 10.3 Å². The highest BCUT2D eigenvalue weighted by molar-refractivity contribution is 6.22. The van der Waals surface area contributed by atoms with Crippen molar-refractivity contribution in [3.63, 3.8) is 0 Å². The molecular formula is C20H17F5N4O2. The van der Waals surface area contributed by atoms with Crippen LogP contribution in [0.5, 0.6) is 0 Å². The van der Waals surface area contributed by atoms with Crippen LogP contribution in [0, 0.1) is 11.6 Å². The second-order valence-electron chi connectivity index (χ2n) is 7.40. The van der Waals surface area contributed by atoms with Crippen LogP contribution in [0.4, 0.5) is 32.6 Å². The molecule has 1 N–H and O–H groups in total. The molecule has 0 radical (unpaired) electrons. The number of anilines is 1. The SMILES string of the molecule is O=C1N(c2cc(C(F)(F)F)ccn2)C(=O)C2(CCNCC2)N1Cc1cccc(F)c1F. The minimum Gasteiger partial charge on any atom is -0.317 e. The number of hydrogen-bond donors (Lipinski definition) is 1. The summed E-state index contributed by atoms with van der Waals surface area (Å²) < 4.78 is 67.3. The Morgan fingerprint density at radius 2 is 1.81 bits per heavy atom. The monoisotopic (exact) mass is 440 g/mol. The molecule has 0 bridgehead atoms. The van der Waals surface area contributed by atoms with Crippen molar-refractivity contribution < 1.29 is 31.5 Å². The molecule has 0 atom stereocenters. The molecule has 6 nitrogen and oxygen atoms in total. The van der Waals surface area contributed by atoms with Crippen LogP contribution >= 0.6 is 0 Å². The normalized spacial score (nSPS) is 18.9. The summed E-state index contributed by atoms with van der Waals surface area (Å²) in [5, 5.41) is 3.05. The Hall–Kier alpha value is -3.08. The summed E-state index contributed by atoms with van der Waals surface area (Å²) in [7, 11) is 0. The van der Waals surface area contributed by atoms with Crippen molar-refractivity contribution in [2.24, 2.45) is 0 Å². The number of rotatable bonds is 3. The topological polar surface area (TPSA) is 65.5 Å². The Bertz CT molecular complexity index is 1040. The first-order valence-electron chi connectivity index (χ1n) is 9.48. The molecule has 0 aliphatic carbocycles. The maximum atomic E-state index is 14.3. The molecule has 0 saturated carbocycles. The van der Waals surface area contributed by atoms with E-state index >= 15 is 0 Å². The van der Waals surface area contributed by atoms with Crippen LogP contribution in [0.25, 0.3) is 0 Å². The van der Waals surface area contributed by atoms with E-state index in [4.69, 9.17) is 0 Å². The zero-order chi connectivity index (χ0) is 22.4. The summed E-state index contributed by atoms with van der Waals surface area (Å²) >= 11 is 0. The number of amides is 3. The molecular weight excluding hydrogens is 423 g/mol. The summed E-state index contributed by atoms with van der Waals surface area (Å²) in [5.41, 5.74) is -2.60. The van der Waals surface area contributed by atoms with Crippen molar-refractivity contribution in [1.82, 2.24) is 15.2 Å². The Morgan fingerprint density at radius 3 is 2.48 bits per heavy atom.